The van der Waals surface area contributed by atoms with Crippen LogP contribution in [-0.4, -0.2) is 26.2 Å². The van der Waals surface area contributed by atoms with E-state index in [-0.39, 0.29) is 11.3 Å². The zero-order chi connectivity index (χ0) is 17.2. The number of esters is 1. The van der Waals surface area contributed by atoms with Crippen molar-refractivity contribution >= 4 is 5.97 Å². The van der Waals surface area contributed by atoms with Gasteiger partial charge in [0.2, 0.25) is 0 Å². The number of carbonyl (C=O) groups excluding carboxylic acids is 1. The minimum absolute atomic E-state index is 0.186. The topological polar surface area (TPSA) is 69.9 Å². The summed E-state index contributed by atoms with van der Waals surface area (Å²) in [6.45, 7) is 0. The molecule has 3 rings (SSSR count). The molecule has 0 atom stereocenters. The minimum atomic E-state index is -4.52. The van der Waals surface area contributed by atoms with E-state index in [4.69, 9.17) is 4.74 Å². The lowest BCUT2D eigenvalue weighted by atomic mass is 10.1. The van der Waals surface area contributed by atoms with Gasteiger partial charge >= 0.3 is 12.1 Å². The van der Waals surface area contributed by atoms with E-state index in [2.05, 4.69) is 15.5 Å². The van der Waals surface area contributed by atoms with Crippen LogP contribution in [0.2, 0.25) is 0 Å². The highest BCUT2D eigenvalue weighted by molar-refractivity contribution is 5.91. The molecule has 0 saturated carbocycles. The molecule has 0 fully saturated rings. The number of benzene rings is 2. The highest BCUT2D eigenvalue weighted by atomic mass is 19.4. The van der Waals surface area contributed by atoms with E-state index in [0.717, 1.165) is 18.2 Å². The Labute approximate surface area is 133 Å². The van der Waals surface area contributed by atoms with Gasteiger partial charge in [0.05, 0.1) is 16.8 Å². The minimum Gasteiger partial charge on any atom is -0.423 e. The van der Waals surface area contributed by atoms with Crippen LogP contribution >= 0.6 is 0 Å². The molecule has 0 amide bonds. The molecule has 0 saturated heterocycles. The third-order valence-corrected chi connectivity index (χ3v) is 3.09. The molecule has 9 heteroatoms. The number of alkyl halides is 3. The summed E-state index contributed by atoms with van der Waals surface area (Å²) in [5.74, 6) is -0.689. The van der Waals surface area contributed by atoms with Gasteiger partial charge < -0.3 is 4.74 Å². The fraction of sp³-hybridized carbons (Fsp3) is 0.0667. The van der Waals surface area contributed by atoms with E-state index in [0.29, 0.717) is 5.69 Å². The van der Waals surface area contributed by atoms with Gasteiger partial charge in [0.25, 0.3) is 0 Å². The summed E-state index contributed by atoms with van der Waals surface area (Å²) in [5.41, 5.74) is -0.459. The number of carbonyl (C=O) groups is 1. The van der Waals surface area contributed by atoms with Crippen molar-refractivity contribution in [3.05, 3.63) is 66.0 Å². The van der Waals surface area contributed by atoms with E-state index in [9.17, 15) is 18.0 Å². The molecule has 1 heterocycles. The Balaban J connectivity index is 1.75. The quantitative estimate of drug-likeness (QED) is 0.544. The lowest BCUT2D eigenvalue weighted by molar-refractivity contribution is -0.137. The smallest absolute Gasteiger partial charge is 0.416 e. The average Bonchev–Trinajstić information content (AvgIpc) is 3.09. The van der Waals surface area contributed by atoms with Crippen molar-refractivity contribution in [2.75, 3.05) is 0 Å². The summed E-state index contributed by atoms with van der Waals surface area (Å²) >= 11 is 0. The number of hydrogen-bond acceptors (Lipinski definition) is 5. The van der Waals surface area contributed by atoms with Crippen LogP contribution in [0.3, 0.4) is 0 Å². The molecule has 0 N–H and O–H groups in total. The number of halogens is 3. The molecular weight excluding hydrogens is 325 g/mol. The van der Waals surface area contributed by atoms with Crippen molar-refractivity contribution < 1.29 is 22.7 Å². The van der Waals surface area contributed by atoms with Gasteiger partial charge in [0.15, 0.2) is 0 Å². The molecule has 0 aliphatic carbocycles. The second kappa shape index (κ2) is 6.11. The molecule has 122 valence electrons. The summed E-state index contributed by atoms with van der Waals surface area (Å²) in [7, 11) is 0. The van der Waals surface area contributed by atoms with Gasteiger partial charge in [-0.25, -0.2) is 9.48 Å². The van der Waals surface area contributed by atoms with Crippen LogP contribution in [0.25, 0.3) is 5.69 Å². The van der Waals surface area contributed by atoms with Crippen molar-refractivity contribution in [1.82, 2.24) is 20.2 Å². The first-order valence-corrected chi connectivity index (χ1v) is 6.66. The fourth-order valence-electron chi connectivity index (χ4n) is 1.93. The van der Waals surface area contributed by atoms with Gasteiger partial charge in [0, 0.05) is 0 Å². The number of nitrogens with zero attached hydrogens (tertiary/aromatic N) is 4. The maximum absolute atomic E-state index is 12.7. The fourth-order valence-corrected chi connectivity index (χ4v) is 1.93. The van der Waals surface area contributed by atoms with Crippen LogP contribution in [0.4, 0.5) is 13.2 Å². The van der Waals surface area contributed by atoms with Gasteiger partial charge in [-0.2, -0.15) is 13.2 Å². The van der Waals surface area contributed by atoms with Gasteiger partial charge in [0.1, 0.15) is 12.1 Å². The van der Waals surface area contributed by atoms with E-state index in [1.165, 1.54) is 29.2 Å². The first kappa shape index (κ1) is 15.7. The average molecular weight is 334 g/mol. The largest absolute Gasteiger partial charge is 0.423 e. The summed E-state index contributed by atoms with van der Waals surface area (Å²) in [5, 5.41) is 10.7. The molecule has 6 nitrogen and oxygen atoms in total. The van der Waals surface area contributed by atoms with E-state index < -0.39 is 17.7 Å². The van der Waals surface area contributed by atoms with Gasteiger partial charge in [-0.05, 0) is 52.9 Å². The SMILES string of the molecule is O=C(Oc1ccc(-n2cnnn2)cc1)c1cccc(C(F)(F)F)c1. The third kappa shape index (κ3) is 3.40. The molecule has 0 aliphatic rings. The second-order valence-electron chi connectivity index (χ2n) is 4.72. The zero-order valence-corrected chi connectivity index (χ0v) is 11.9. The number of rotatable bonds is 3. The highest BCUT2D eigenvalue weighted by Crippen LogP contribution is 2.29. The number of ether oxygens (including phenoxy) is 1. The normalized spacial score (nSPS) is 11.3. The summed E-state index contributed by atoms with van der Waals surface area (Å²) < 4.78 is 44.5. The molecule has 2 aromatic carbocycles. The lowest BCUT2D eigenvalue weighted by Gasteiger charge is -2.09. The van der Waals surface area contributed by atoms with Crippen molar-refractivity contribution in [2.45, 2.75) is 6.18 Å². The van der Waals surface area contributed by atoms with Crippen LogP contribution in [0.1, 0.15) is 15.9 Å². The zero-order valence-electron chi connectivity index (χ0n) is 11.9. The number of hydrogen-bond donors (Lipinski definition) is 0. The van der Waals surface area contributed by atoms with Crippen LogP contribution in [0, 0.1) is 0 Å². The first-order chi connectivity index (χ1) is 11.4. The van der Waals surface area contributed by atoms with Crippen molar-refractivity contribution in [1.29, 1.82) is 0 Å². The van der Waals surface area contributed by atoms with Gasteiger partial charge in [-0.1, -0.05) is 6.07 Å². The van der Waals surface area contributed by atoms with E-state index in [1.54, 1.807) is 12.1 Å². The van der Waals surface area contributed by atoms with E-state index >= 15 is 0 Å². The van der Waals surface area contributed by atoms with Crippen molar-refractivity contribution in [3.63, 3.8) is 0 Å². The molecule has 0 unspecified atom stereocenters. The van der Waals surface area contributed by atoms with Gasteiger partial charge in [-0.15, -0.1) is 5.10 Å². The Bertz CT molecular complexity index is 846. The standard InChI is InChI=1S/C15H9F3N4O2/c16-15(17,18)11-3-1-2-10(8-11)14(23)24-13-6-4-12(5-7-13)22-9-19-20-21-22/h1-9H. The Morgan fingerprint density at radius 3 is 2.46 bits per heavy atom. The summed E-state index contributed by atoms with van der Waals surface area (Å²) in [4.78, 5) is 12.0. The predicted octanol–water partition coefficient (Wildman–Crippen LogP) is 2.90. The maximum atomic E-state index is 12.7. The number of tetrazole rings is 1. The van der Waals surface area contributed by atoms with Crippen LogP contribution in [0.15, 0.2) is 54.9 Å². The molecule has 0 spiro atoms. The molecule has 1 aromatic heterocycles. The first-order valence-electron chi connectivity index (χ1n) is 6.66. The maximum Gasteiger partial charge on any atom is 0.416 e. The molecule has 24 heavy (non-hydrogen) atoms. The Hall–Kier alpha value is -3.23. The predicted molar refractivity (Wildman–Crippen MR) is 75.6 cm³/mol. The monoisotopic (exact) mass is 334 g/mol. The Morgan fingerprint density at radius 2 is 1.83 bits per heavy atom. The Kier molecular flexibility index (Phi) is 3.98. The summed E-state index contributed by atoms with van der Waals surface area (Å²) in [6, 6.07) is 10.2. The molecular formula is C15H9F3N4O2. The van der Waals surface area contributed by atoms with Crippen LogP contribution in [0.5, 0.6) is 5.75 Å². The third-order valence-electron chi connectivity index (χ3n) is 3.09. The second-order valence-corrected chi connectivity index (χ2v) is 4.72. The van der Waals surface area contributed by atoms with E-state index in [1.807, 2.05) is 0 Å². The Morgan fingerprint density at radius 1 is 1.08 bits per heavy atom. The van der Waals surface area contributed by atoms with Gasteiger partial charge in [-0.3, -0.25) is 0 Å². The van der Waals surface area contributed by atoms with Crippen LogP contribution in [-0.2, 0) is 6.18 Å². The molecule has 0 radical (unpaired) electrons. The van der Waals surface area contributed by atoms with Crippen LogP contribution < -0.4 is 4.74 Å². The summed E-state index contributed by atoms with van der Waals surface area (Å²) in [6.07, 6.45) is -3.13. The molecule has 0 bridgehead atoms. The van der Waals surface area contributed by atoms with Crippen molar-refractivity contribution in [3.8, 4) is 11.4 Å². The molecule has 0 aliphatic heterocycles. The lowest BCUT2D eigenvalue weighted by Crippen LogP contribution is -2.11. The highest BCUT2D eigenvalue weighted by Gasteiger charge is 2.31. The van der Waals surface area contributed by atoms with Crippen molar-refractivity contribution in [2.24, 2.45) is 0 Å². The number of aromatic nitrogens is 4. The molecule has 3 aromatic rings.